The summed E-state index contributed by atoms with van der Waals surface area (Å²) in [5.41, 5.74) is 1.61. The van der Waals surface area contributed by atoms with Crippen LogP contribution in [0.3, 0.4) is 0 Å². The first-order valence-corrected chi connectivity index (χ1v) is 11.4. The molecule has 0 radical (unpaired) electrons. The standard InChI is InChI=1S/C25H20BrClFN3O2/c1-15(2)24-30-22-8-6-18(26)12-21(22)25(32)31(24)29-13-17-11-19(27)7-9-23(17)33-14-16-4-3-5-20(28)10-16/h3-13,15H,14H2,1-2H3. The molecular weight excluding hydrogens is 509 g/mol. The summed E-state index contributed by atoms with van der Waals surface area (Å²) < 4.78 is 21.4. The average Bonchev–Trinajstić information content (AvgIpc) is 2.78. The van der Waals surface area contributed by atoms with Crippen molar-refractivity contribution in [1.82, 2.24) is 9.66 Å². The summed E-state index contributed by atoms with van der Waals surface area (Å²) in [6.07, 6.45) is 1.52. The SMILES string of the molecule is CC(C)c1nc2ccc(Br)cc2c(=O)n1N=Cc1cc(Cl)ccc1OCc1cccc(F)c1. The highest BCUT2D eigenvalue weighted by Crippen LogP contribution is 2.23. The van der Waals surface area contributed by atoms with Gasteiger partial charge in [-0.25, -0.2) is 9.37 Å². The maximum absolute atomic E-state index is 13.5. The molecule has 0 spiro atoms. The summed E-state index contributed by atoms with van der Waals surface area (Å²) in [5.74, 6) is 0.675. The van der Waals surface area contributed by atoms with E-state index in [1.807, 2.05) is 19.9 Å². The first-order chi connectivity index (χ1) is 15.8. The zero-order valence-electron chi connectivity index (χ0n) is 17.9. The zero-order chi connectivity index (χ0) is 23.5. The first-order valence-electron chi connectivity index (χ1n) is 10.2. The van der Waals surface area contributed by atoms with E-state index in [4.69, 9.17) is 16.3 Å². The van der Waals surface area contributed by atoms with Crippen molar-refractivity contribution < 1.29 is 9.13 Å². The van der Waals surface area contributed by atoms with Crippen molar-refractivity contribution in [3.63, 3.8) is 0 Å². The van der Waals surface area contributed by atoms with Gasteiger partial charge in [0.05, 0.1) is 17.1 Å². The number of rotatable bonds is 6. The molecule has 0 aliphatic rings. The third kappa shape index (κ3) is 5.31. The average molecular weight is 529 g/mol. The highest BCUT2D eigenvalue weighted by Gasteiger charge is 2.14. The molecule has 0 aliphatic carbocycles. The smallest absolute Gasteiger partial charge is 0.282 e. The summed E-state index contributed by atoms with van der Waals surface area (Å²) in [4.78, 5) is 17.9. The van der Waals surface area contributed by atoms with Crippen LogP contribution in [0.1, 0.15) is 36.7 Å². The number of aromatic nitrogens is 2. The Morgan fingerprint density at radius 1 is 1.18 bits per heavy atom. The van der Waals surface area contributed by atoms with Gasteiger partial charge >= 0.3 is 0 Å². The molecule has 0 unspecified atom stereocenters. The molecule has 5 nitrogen and oxygen atoms in total. The number of hydrogen-bond donors (Lipinski definition) is 0. The molecule has 33 heavy (non-hydrogen) atoms. The van der Waals surface area contributed by atoms with Crippen LogP contribution in [0.5, 0.6) is 5.75 Å². The Bertz CT molecular complexity index is 1420. The van der Waals surface area contributed by atoms with Gasteiger partial charge in [0.15, 0.2) is 0 Å². The summed E-state index contributed by atoms with van der Waals surface area (Å²) in [7, 11) is 0. The van der Waals surface area contributed by atoms with Crippen LogP contribution in [-0.2, 0) is 6.61 Å². The van der Waals surface area contributed by atoms with Gasteiger partial charge in [-0.05, 0) is 54.1 Å². The van der Waals surface area contributed by atoms with E-state index in [1.165, 1.54) is 23.0 Å². The van der Waals surface area contributed by atoms with Crippen molar-refractivity contribution in [2.24, 2.45) is 5.10 Å². The molecule has 0 N–H and O–H groups in total. The van der Waals surface area contributed by atoms with Gasteiger partial charge in [-0.2, -0.15) is 9.78 Å². The Morgan fingerprint density at radius 3 is 2.76 bits per heavy atom. The summed E-state index contributed by atoms with van der Waals surface area (Å²) in [6, 6.07) is 16.7. The van der Waals surface area contributed by atoms with Crippen molar-refractivity contribution >= 4 is 44.6 Å². The van der Waals surface area contributed by atoms with Crippen LogP contribution in [0.25, 0.3) is 10.9 Å². The predicted molar refractivity (Wildman–Crippen MR) is 133 cm³/mol. The number of fused-ring (bicyclic) bond motifs is 1. The highest BCUT2D eigenvalue weighted by atomic mass is 79.9. The molecule has 0 atom stereocenters. The van der Waals surface area contributed by atoms with Gasteiger partial charge in [0, 0.05) is 21.0 Å². The lowest BCUT2D eigenvalue weighted by Crippen LogP contribution is -2.23. The third-order valence-electron chi connectivity index (χ3n) is 4.92. The molecule has 8 heteroatoms. The highest BCUT2D eigenvalue weighted by molar-refractivity contribution is 9.10. The number of ether oxygens (including phenoxy) is 1. The van der Waals surface area contributed by atoms with Crippen LogP contribution in [0, 0.1) is 5.82 Å². The first kappa shape index (κ1) is 23.1. The van der Waals surface area contributed by atoms with Crippen LogP contribution in [0.4, 0.5) is 4.39 Å². The molecule has 1 aromatic heterocycles. The minimum absolute atomic E-state index is 0.0362. The van der Waals surface area contributed by atoms with Crippen molar-refractivity contribution in [2.75, 3.05) is 0 Å². The van der Waals surface area contributed by atoms with Crippen LogP contribution in [0.15, 0.2) is 75.0 Å². The van der Waals surface area contributed by atoms with Gasteiger partial charge in [-0.15, -0.1) is 0 Å². The molecule has 0 fully saturated rings. The topological polar surface area (TPSA) is 56.5 Å². The minimum atomic E-state index is -0.329. The third-order valence-corrected chi connectivity index (χ3v) is 5.65. The molecule has 1 heterocycles. The van der Waals surface area contributed by atoms with Gasteiger partial charge in [0.1, 0.15) is 24.0 Å². The van der Waals surface area contributed by atoms with E-state index in [9.17, 15) is 9.18 Å². The van der Waals surface area contributed by atoms with Crippen LogP contribution in [0.2, 0.25) is 5.02 Å². The Labute approximate surface area is 203 Å². The minimum Gasteiger partial charge on any atom is -0.488 e. The van der Waals surface area contributed by atoms with Gasteiger partial charge in [-0.1, -0.05) is 53.5 Å². The van der Waals surface area contributed by atoms with Crippen molar-refractivity contribution in [3.8, 4) is 5.75 Å². The van der Waals surface area contributed by atoms with E-state index in [-0.39, 0.29) is 23.9 Å². The van der Waals surface area contributed by atoms with E-state index in [1.54, 1.807) is 42.5 Å². The lowest BCUT2D eigenvalue weighted by atomic mass is 10.2. The lowest BCUT2D eigenvalue weighted by molar-refractivity contribution is 0.305. The monoisotopic (exact) mass is 527 g/mol. The number of benzene rings is 3. The molecule has 4 aromatic rings. The molecule has 0 aliphatic heterocycles. The Kier molecular flexibility index (Phi) is 6.91. The second-order valence-electron chi connectivity index (χ2n) is 7.75. The molecule has 0 bridgehead atoms. The fraction of sp³-hybridized carbons (Fsp3) is 0.160. The summed E-state index contributed by atoms with van der Waals surface area (Å²) >= 11 is 9.60. The van der Waals surface area contributed by atoms with E-state index < -0.39 is 0 Å². The molecule has 0 amide bonds. The van der Waals surface area contributed by atoms with Crippen molar-refractivity contribution in [1.29, 1.82) is 0 Å². The number of nitrogens with zero attached hydrogens (tertiary/aromatic N) is 3. The molecule has 3 aromatic carbocycles. The fourth-order valence-electron chi connectivity index (χ4n) is 3.31. The van der Waals surface area contributed by atoms with Crippen molar-refractivity contribution in [2.45, 2.75) is 26.4 Å². The summed E-state index contributed by atoms with van der Waals surface area (Å²) in [6.45, 7) is 4.07. The van der Waals surface area contributed by atoms with Crippen LogP contribution < -0.4 is 10.3 Å². The Balaban J connectivity index is 1.73. The molecule has 0 saturated carbocycles. The number of hydrogen-bond acceptors (Lipinski definition) is 4. The second kappa shape index (κ2) is 9.85. The Hall–Kier alpha value is -3.03. The van der Waals surface area contributed by atoms with E-state index >= 15 is 0 Å². The van der Waals surface area contributed by atoms with Gasteiger partial charge in [0.25, 0.3) is 5.56 Å². The van der Waals surface area contributed by atoms with Crippen LogP contribution >= 0.6 is 27.5 Å². The van der Waals surface area contributed by atoms with E-state index in [2.05, 4.69) is 26.0 Å². The molecular formula is C25H20BrClFN3O2. The van der Waals surface area contributed by atoms with Crippen molar-refractivity contribution in [3.05, 3.63) is 103 Å². The second-order valence-corrected chi connectivity index (χ2v) is 9.10. The van der Waals surface area contributed by atoms with E-state index in [0.29, 0.717) is 38.6 Å². The van der Waals surface area contributed by atoms with E-state index in [0.717, 1.165) is 4.47 Å². The van der Waals surface area contributed by atoms with Gasteiger partial charge in [-0.3, -0.25) is 4.79 Å². The van der Waals surface area contributed by atoms with Gasteiger partial charge in [0.2, 0.25) is 0 Å². The Morgan fingerprint density at radius 2 is 2.00 bits per heavy atom. The largest absolute Gasteiger partial charge is 0.488 e. The quantitative estimate of drug-likeness (QED) is 0.267. The maximum atomic E-state index is 13.5. The molecule has 4 rings (SSSR count). The molecule has 168 valence electrons. The van der Waals surface area contributed by atoms with Gasteiger partial charge < -0.3 is 4.74 Å². The normalized spacial score (nSPS) is 11.6. The number of halogens is 3. The summed E-state index contributed by atoms with van der Waals surface area (Å²) in [5, 5.41) is 5.40. The lowest BCUT2D eigenvalue weighted by Gasteiger charge is -2.13. The zero-order valence-corrected chi connectivity index (χ0v) is 20.3. The van der Waals surface area contributed by atoms with Crippen LogP contribution in [-0.4, -0.2) is 15.9 Å². The maximum Gasteiger partial charge on any atom is 0.282 e. The molecule has 0 saturated heterocycles. The predicted octanol–water partition coefficient (Wildman–Crippen LogP) is 6.54. The fourth-order valence-corrected chi connectivity index (χ4v) is 3.85.